The number of piperazine rings is 1. The maximum absolute atomic E-state index is 11.9. The second-order valence-corrected chi connectivity index (χ2v) is 7.13. The zero-order valence-electron chi connectivity index (χ0n) is 16.2. The van der Waals surface area contributed by atoms with E-state index in [-0.39, 0.29) is 11.8 Å². The first kappa shape index (κ1) is 18.2. The van der Waals surface area contributed by atoms with Crippen molar-refractivity contribution in [1.82, 2.24) is 9.97 Å². The van der Waals surface area contributed by atoms with E-state index < -0.39 is 0 Å². The first-order chi connectivity index (χ1) is 13.6. The maximum atomic E-state index is 11.9. The molecule has 3 heterocycles. The standard InChI is InChI=1S/C21H25N5O2/c1-3-24(2)19-5-4-8-22-21(19)25-9-10-26(16(13-25)14-27)20-12-15-11-17(28)6-7-18(15)23-20/h4-8,11-12,14,16,23,28H,3,9-10,13H2,1-2H3. The smallest absolute Gasteiger partial charge is 0.152 e. The van der Waals surface area contributed by atoms with Crippen LogP contribution in [0.3, 0.4) is 0 Å². The third-order valence-corrected chi connectivity index (χ3v) is 5.43. The Balaban J connectivity index is 1.60. The maximum Gasteiger partial charge on any atom is 0.152 e. The van der Waals surface area contributed by atoms with Crippen LogP contribution in [-0.4, -0.2) is 60.6 Å². The van der Waals surface area contributed by atoms with E-state index in [1.165, 1.54) is 0 Å². The predicted octanol–water partition coefficient (Wildman–Crippen LogP) is 2.62. The third-order valence-electron chi connectivity index (χ3n) is 5.43. The lowest BCUT2D eigenvalue weighted by atomic mass is 10.1. The first-order valence-electron chi connectivity index (χ1n) is 9.55. The summed E-state index contributed by atoms with van der Waals surface area (Å²) in [6, 6.07) is 10.9. The molecular weight excluding hydrogens is 354 g/mol. The highest BCUT2D eigenvalue weighted by molar-refractivity contribution is 5.86. The molecule has 4 rings (SSSR count). The van der Waals surface area contributed by atoms with E-state index in [1.54, 1.807) is 18.3 Å². The Morgan fingerprint density at radius 3 is 2.96 bits per heavy atom. The number of phenolic OH excluding ortho intramolecular Hbond substituents is 1. The third kappa shape index (κ3) is 3.24. The van der Waals surface area contributed by atoms with Gasteiger partial charge < -0.3 is 29.6 Å². The summed E-state index contributed by atoms with van der Waals surface area (Å²) in [4.78, 5) is 26.3. The molecule has 1 saturated heterocycles. The number of aldehydes is 1. The molecule has 2 N–H and O–H groups in total. The van der Waals surface area contributed by atoms with Crippen LogP contribution in [0.25, 0.3) is 10.9 Å². The number of pyridine rings is 1. The summed E-state index contributed by atoms with van der Waals surface area (Å²) >= 11 is 0. The molecule has 0 radical (unpaired) electrons. The molecule has 1 aromatic carbocycles. The Morgan fingerprint density at radius 1 is 1.32 bits per heavy atom. The minimum Gasteiger partial charge on any atom is -0.508 e. The zero-order chi connectivity index (χ0) is 19.7. The fraction of sp³-hybridized carbons (Fsp3) is 0.333. The summed E-state index contributed by atoms with van der Waals surface area (Å²) in [5.41, 5.74) is 2.01. The summed E-state index contributed by atoms with van der Waals surface area (Å²) in [5.74, 6) is 2.04. The van der Waals surface area contributed by atoms with Crippen molar-refractivity contribution in [2.75, 3.05) is 47.9 Å². The van der Waals surface area contributed by atoms with Gasteiger partial charge in [-0.1, -0.05) is 0 Å². The molecule has 3 aromatic rings. The van der Waals surface area contributed by atoms with Gasteiger partial charge in [0.05, 0.1) is 5.69 Å². The second-order valence-electron chi connectivity index (χ2n) is 7.13. The van der Waals surface area contributed by atoms with Gasteiger partial charge in [0.1, 0.15) is 23.9 Å². The lowest BCUT2D eigenvalue weighted by Gasteiger charge is -2.41. The van der Waals surface area contributed by atoms with E-state index in [9.17, 15) is 9.90 Å². The molecule has 1 atom stereocenters. The predicted molar refractivity (Wildman–Crippen MR) is 113 cm³/mol. The molecule has 1 fully saturated rings. The first-order valence-corrected chi connectivity index (χ1v) is 9.55. The molecule has 0 aliphatic carbocycles. The number of H-pyrrole nitrogens is 1. The number of carbonyl (C=O) groups excluding carboxylic acids is 1. The van der Waals surface area contributed by atoms with E-state index >= 15 is 0 Å². The number of carbonyl (C=O) groups is 1. The molecule has 7 heteroatoms. The van der Waals surface area contributed by atoms with Gasteiger partial charge in [-0.3, -0.25) is 0 Å². The number of fused-ring (bicyclic) bond motifs is 1. The molecule has 1 aliphatic heterocycles. The number of hydrogen-bond donors (Lipinski definition) is 2. The van der Waals surface area contributed by atoms with Crippen LogP contribution >= 0.6 is 0 Å². The Hall–Kier alpha value is -3.22. The van der Waals surface area contributed by atoms with Gasteiger partial charge in [0.15, 0.2) is 5.82 Å². The molecular formula is C21H25N5O2. The van der Waals surface area contributed by atoms with E-state index in [1.807, 2.05) is 25.2 Å². The van der Waals surface area contributed by atoms with Gasteiger partial charge in [-0.05, 0) is 43.3 Å². The minimum atomic E-state index is -0.280. The number of aromatic amines is 1. The van der Waals surface area contributed by atoms with Crippen molar-refractivity contribution in [3.05, 3.63) is 42.6 Å². The van der Waals surface area contributed by atoms with Crippen LogP contribution in [0.5, 0.6) is 5.75 Å². The Bertz CT molecular complexity index is 986. The Morgan fingerprint density at radius 2 is 2.18 bits per heavy atom. The number of nitrogens with one attached hydrogen (secondary N) is 1. The summed E-state index contributed by atoms with van der Waals surface area (Å²) in [7, 11) is 2.05. The normalized spacial score (nSPS) is 17.1. The van der Waals surface area contributed by atoms with Crippen LogP contribution in [0.2, 0.25) is 0 Å². The van der Waals surface area contributed by atoms with Crippen molar-refractivity contribution in [2.24, 2.45) is 0 Å². The summed E-state index contributed by atoms with van der Waals surface area (Å²) < 4.78 is 0. The van der Waals surface area contributed by atoms with Gasteiger partial charge in [-0.15, -0.1) is 0 Å². The summed E-state index contributed by atoms with van der Waals surface area (Å²) in [5, 5.41) is 10.6. The quantitative estimate of drug-likeness (QED) is 0.664. The van der Waals surface area contributed by atoms with Crippen LogP contribution in [0.4, 0.5) is 17.3 Å². The fourth-order valence-electron chi connectivity index (χ4n) is 3.78. The van der Waals surface area contributed by atoms with Crippen molar-refractivity contribution in [2.45, 2.75) is 13.0 Å². The van der Waals surface area contributed by atoms with Gasteiger partial charge >= 0.3 is 0 Å². The van der Waals surface area contributed by atoms with Gasteiger partial charge in [0.25, 0.3) is 0 Å². The molecule has 1 unspecified atom stereocenters. The highest BCUT2D eigenvalue weighted by Gasteiger charge is 2.30. The molecule has 28 heavy (non-hydrogen) atoms. The zero-order valence-corrected chi connectivity index (χ0v) is 16.2. The van der Waals surface area contributed by atoms with Crippen LogP contribution in [0, 0.1) is 0 Å². The van der Waals surface area contributed by atoms with Gasteiger partial charge in [-0.25, -0.2) is 4.98 Å². The minimum absolute atomic E-state index is 0.234. The van der Waals surface area contributed by atoms with Gasteiger partial charge in [0.2, 0.25) is 0 Å². The van der Waals surface area contributed by atoms with Crippen LogP contribution < -0.4 is 14.7 Å². The molecule has 0 bridgehead atoms. The molecule has 2 aromatic heterocycles. The van der Waals surface area contributed by atoms with E-state index in [0.717, 1.165) is 47.6 Å². The van der Waals surface area contributed by atoms with Gasteiger partial charge in [-0.2, -0.15) is 0 Å². The largest absolute Gasteiger partial charge is 0.508 e. The van der Waals surface area contributed by atoms with Crippen LogP contribution in [0.1, 0.15) is 6.92 Å². The van der Waals surface area contributed by atoms with E-state index in [0.29, 0.717) is 13.1 Å². The number of aromatic hydroxyl groups is 1. The van der Waals surface area contributed by atoms with Crippen LogP contribution in [0.15, 0.2) is 42.6 Å². The highest BCUT2D eigenvalue weighted by Crippen LogP contribution is 2.31. The number of hydrogen-bond acceptors (Lipinski definition) is 6. The molecule has 7 nitrogen and oxygen atoms in total. The van der Waals surface area contributed by atoms with Crippen molar-refractivity contribution < 1.29 is 9.90 Å². The molecule has 0 amide bonds. The number of anilines is 3. The monoisotopic (exact) mass is 379 g/mol. The topological polar surface area (TPSA) is 75.7 Å². The lowest BCUT2D eigenvalue weighted by Crippen LogP contribution is -2.54. The highest BCUT2D eigenvalue weighted by atomic mass is 16.3. The van der Waals surface area contributed by atoms with Gasteiger partial charge in [0, 0.05) is 50.3 Å². The lowest BCUT2D eigenvalue weighted by molar-refractivity contribution is -0.109. The molecule has 1 aliphatic rings. The number of nitrogens with zero attached hydrogens (tertiary/aromatic N) is 4. The number of rotatable bonds is 5. The second kappa shape index (κ2) is 7.42. The summed E-state index contributed by atoms with van der Waals surface area (Å²) in [6.45, 7) is 5.04. The Labute approximate surface area is 164 Å². The Kier molecular flexibility index (Phi) is 4.81. The summed E-state index contributed by atoms with van der Waals surface area (Å²) in [6.07, 6.45) is 2.80. The SMILES string of the molecule is CCN(C)c1cccnc1N1CCN(c2cc3cc(O)ccc3[nH]2)C(C=O)C1. The van der Waals surface area contributed by atoms with Crippen molar-refractivity contribution in [1.29, 1.82) is 0 Å². The number of benzene rings is 1. The average molecular weight is 379 g/mol. The fourth-order valence-corrected chi connectivity index (χ4v) is 3.78. The van der Waals surface area contributed by atoms with Crippen molar-refractivity contribution >= 4 is 34.5 Å². The molecule has 0 saturated carbocycles. The van der Waals surface area contributed by atoms with E-state index in [2.05, 4.69) is 37.7 Å². The average Bonchev–Trinajstić information content (AvgIpc) is 3.15. The molecule has 146 valence electrons. The van der Waals surface area contributed by atoms with Crippen LogP contribution in [-0.2, 0) is 4.79 Å². The van der Waals surface area contributed by atoms with E-state index in [4.69, 9.17) is 0 Å². The van der Waals surface area contributed by atoms with Crippen molar-refractivity contribution in [3.8, 4) is 5.75 Å². The molecule has 0 spiro atoms. The number of phenols is 1. The number of aromatic nitrogens is 2. The van der Waals surface area contributed by atoms with Crippen molar-refractivity contribution in [3.63, 3.8) is 0 Å².